The minimum Gasteiger partial charge on any atom is -0.356 e. The van der Waals surface area contributed by atoms with Gasteiger partial charge in [-0.1, -0.05) is 29.4 Å². The molecule has 1 aliphatic rings. The second-order valence-corrected chi connectivity index (χ2v) is 7.99. The third kappa shape index (κ3) is 3.38. The first kappa shape index (κ1) is 18.6. The minimum atomic E-state index is 0.0930. The van der Waals surface area contributed by atoms with Crippen molar-refractivity contribution in [2.24, 2.45) is 0 Å². The molecule has 4 aromatic rings. The van der Waals surface area contributed by atoms with E-state index >= 15 is 0 Å². The van der Waals surface area contributed by atoms with Gasteiger partial charge in [0.05, 0.1) is 11.9 Å². The first-order valence-corrected chi connectivity index (χ1v) is 10.3. The van der Waals surface area contributed by atoms with Crippen LogP contribution in [0.25, 0.3) is 21.9 Å². The summed E-state index contributed by atoms with van der Waals surface area (Å²) in [7, 11) is 0. The highest BCUT2D eigenvalue weighted by Gasteiger charge is 2.24. The molecular weight excluding hydrogens is 376 g/mol. The van der Waals surface area contributed by atoms with Gasteiger partial charge in [-0.05, 0) is 49.2 Å². The smallest absolute Gasteiger partial charge is 0.228 e. The van der Waals surface area contributed by atoms with Crippen molar-refractivity contribution in [1.29, 1.82) is 0 Å². The maximum Gasteiger partial charge on any atom is 0.228 e. The molecule has 0 bridgehead atoms. The lowest BCUT2D eigenvalue weighted by atomic mass is 10.1. The third-order valence-electron chi connectivity index (χ3n) is 5.84. The topological polar surface area (TPSA) is 62.5 Å². The lowest BCUT2D eigenvalue weighted by Crippen LogP contribution is -2.49. The first-order valence-electron chi connectivity index (χ1n) is 10.3. The van der Waals surface area contributed by atoms with Crippen LogP contribution in [0.2, 0.25) is 0 Å². The van der Waals surface area contributed by atoms with Crippen LogP contribution in [0, 0.1) is 13.8 Å². The maximum absolute atomic E-state index is 12.9. The Morgan fingerprint density at radius 3 is 2.67 bits per heavy atom. The molecule has 2 aromatic carbocycles. The SMILES string of the molecule is Cc1cc(C)c2onc(CC(=O)N3CCN(c4ccc5ccccc5n4)CC3)c2c1. The van der Waals surface area contributed by atoms with E-state index in [4.69, 9.17) is 9.51 Å². The second kappa shape index (κ2) is 7.44. The highest BCUT2D eigenvalue weighted by atomic mass is 16.5. The molecule has 6 heteroatoms. The van der Waals surface area contributed by atoms with Crippen LogP contribution < -0.4 is 4.90 Å². The van der Waals surface area contributed by atoms with Crippen molar-refractivity contribution in [2.75, 3.05) is 31.1 Å². The maximum atomic E-state index is 12.9. The Hall–Kier alpha value is -3.41. The summed E-state index contributed by atoms with van der Waals surface area (Å²) in [6.45, 7) is 6.96. The van der Waals surface area contributed by atoms with Gasteiger partial charge in [-0.2, -0.15) is 0 Å². The molecule has 1 aliphatic heterocycles. The van der Waals surface area contributed by atoms with Gasteiger partial charge in [-0.15, -0.1) is 0 Å². The second-order valence-electron chi connectivity index (χ2n) is 7.99. The van der Waals surface area contributed by atoms with Crippen molar-refractivity contribution in [1.82, 2.24) is 15.0 Å². The number of fused-ring (bicyclic) bond motifs is 2. The number of aryl methyl sites for hydroxylation is 2. The van der Waals surface area contributed by atoms with Crippen LogP contribution in [0.15, 0.2) is 53.1 Å². The van der Waals surface area contributed by atoms with Gasteiger partial charge in [0.2, 0.25) is 5.91 Å². The Bertz CT molecular complexity index is 1240. The number of anilines is 1. The Morgan fingerprint density at radius 1 is 1.03 bits per heavy atom. The molecule has 152 valence electrons. The monoisotopic (exact) mass is 400 g/mol. The molecular formula is C24H24N4O2. The van der Waals surface area contributed by atoms with E-state index in [1.54, 1.807) is 0 Å². The van der Waals surface area contributed by atoms with Crippen molar-refractivity contribution >= 4 is 33.6 Å². The van der Waals surface area contributed by atoms with E-state index in [1.165, 1.54) is 0 Å². The number of carbonyl (C=O) groups is 1. The molecule has 3 heterocycles. The van der Waals surface area contributed by atoms with E-state index < -0.39 is 0 Å². The van der Waals surface area contributed by atoms with Crippen molar-refractivity contribution < 1.29 is 9.32 Å². The fraction of sp³-hybridized carbons (Fsp3) is 0.292. The zero-order valence-corrected chi connectivity index (χ0v) is 17.3. The normalized spacial score (nSPS) is 14.6. The summed E-state index contributed by atoms with van der Waals surface area (Å²) in [5, 5.41) is 6.26. The van der Waals surface area contributed by atoms with Gasteiger partial charge in [0.15, 0.2) is 5.58 Å². The Labute approximate surface area is 175 Å². The number of aromatic nitrogens is 2. The fourth-order valence-electron chi connectivity index (χ4n) is 4.24. The lowest BCUT2D eigenvalue weighted by Gasteiger charge is -2.35. The standard InChI is InChI=1S/C24H24N4O2/c1-16-13-17(2)24-19(14-16)21(26-30-24)15-23(29)28-11-9-27(10-12-28)22-8-7-18-5-3-4-6-20(18)25-22/h3-8,13-14H,9-12,15H2,1-2H3. The molecule has 6 nitrogen and oxygen atoms in total. The fourth-order valence-corrected chi connectivity index (χ4v) is 4.24. The van der Waals surface area contributed by atoms with Crippen LogP contribution in [0.5, 0.6) is 0 Å². The molecule has 0 aliphatic carbocycles. The molecule has 1 fully saturated rings. The van der Waals surface area contributed by atoms with Gasteiger partial charge in [0, 0.05) is 37.0 Å². The van der Waals surface area contributed by atoms with Crippen LogP contribution in [0.1, 0.15) is 16.8 Å². The zero-order chi connectivity index (χ0) is 20.7. The van der Waals surface area contributed by atoms with Crippen molar-refractivity contribution in [3.8, 4) is 0 Å². The molecule has 1 amide bonds. The summed E-state index contributed by atoms with van der Waals surface area (Å²) < 4.78 is 5.50. The number of rotatable bonds is 3. The first-order chi connectivity index (χ1) is 14.6. The molecule has 2 aromatic heterocycles. The van der Waals surface area contributed by atoms with Crippen molar-refractivity contribution in [3.63, 3.8) is 0 Å². The molecule has 5 rings (SSSR count). The molecule has 0 spiro atoms. The molecule has 0 saturated carbocycles. The molecule has 0 radical (unpaired) electrons. The number of nitrogens with zero attached hydrogens (tertiary/aromatic N) is 4. The van der Waals surface area contributed by atoms with Gasteiger partial charge in [0.1, 0.15) is 11.5 Å². The Balaban J connectivity index is 1.27. The van der Waals surface area contributed by atoms with E-state index in [9.17, 15) is 4.79 Å². The quantitative estimate of drug-likeness (QED) is 0.522. The average Bonchev–Trinajstić information content (AvgIpc) is 3.16. The summed E-state index contributed by atoms with van der Waals surface area (Å²) in [5.41, 5.74) is 4.69. The summed E-state index contributed by atoms with van der Waals surface area (Å²) in [6, 6.07) is 16.4. The summed E-state index contributed by atoms with van der Waals surface area (Å²) in [4.78, 5) is 21.8. The van der Waals surface area contributed by atoms with Crippen LogP contribution in [-0.2, 0) is 11.2 Å². The van der Waals surface area contributed by atoms with Gasteiger partial charge in [-0.3, -0.25) is 4.79 Å². The van der Waals surface area contributed by atoms with E-state index in [0.29, 0.717) is 13.1 Å². The van der Waals surface area contributed by atoms with E-state index in [-0.39, 0.29) is 12.3 Å². The summed E-state index contributed by atoms with van der Waals surface area (Å²) in [6.07, 6.45) is 0.268. The van der Waals surface area contributed by atoms with Crippen molar-refractivity contribution in [3.05, 3.63) is 65.4 Å². The highest BCUT2D eigenvalue weighted by molar-refractivity contribution is 5.88. The van der Waals surface area contributed by atoms with Gasteiger partial charge in [-0.25, -0.2) is 4.98 Å². The number of hydrogen-bond acceptors (Lipinski definition) is 5. The van der Waals surface area contributed by atoms with Crippen LogP contribution in [-0.4, -0.2) is 47.1 Å². The Morgan fingerprint density at radius 2 is 1.83 bits per heavy atom. The largest absolute Gasteiger partial charge is 0.356 e. The predicted octanol–water partition coefficient (Wildman–Crippen LogP) is 3.88. The summed E-state index contributed by atoms with van der Waals surface area (Å²) in [5.74, 6) is 1.06. The van der Waals surface area contributed by atoms with E-state index in [0.717, 1.165) is 57.6 Å². The van der Waals surface area contributed by atoms with Crippen LogP contribution in [0.4, 0.5) is 5.82 Å². The lowest BCUT2D eigenvalue weighted by molar-refractivity contribution is -0.130. The minimum absolute atomic E-state index is 0.0930. The number of pyridine rings is 1. The molecule has 0 unspecified atom stereocenters. The highest BCUT2D eigenvalue weighted by Crippen LogP contribution is 2.25. The summed E-state index contributed by atoms with van der Waals surface area (Å²) >= 11 is 0. The molecule has 1 saturated heterocycles. The van der Waals surface area contributed by atoms with Crippen molar-refractivity contribution in [2.45, 2.75) is 20.3 Å². The van der Waals surface area contributed by atoms with Crippen LogP contribution >= 0.6 is 0 Å². The number of amides is 1. The molecule has 0 atom stereocenters. The number of hydrogen-bond donors (Lipinski definition) is 0. The number of piperazine rings is 1. The molecule has 0 N–H and O–H groups in total. The predicted molar refractivity (Wildman–Crippen MR) is 118 cm³/mol. The zero-order valence-electron chi connectivity index (χ0n) is 17.3. The van der Waals surface area contributed by atoms with E-state index in [1.807, 2.05) is 43.0 Å². The molecule has 30 heavy (non-hydrogen) atoms. The number of carbonyl (C=O) groups excluding carboxylic acids is 1. The van der Waals surface area contributed by atoms with Crippen LogP contribution in [0.3, 0.4) is 0 Å². The Kier molecular flexibility index (Phi) is 4.62. The third-order valence-corrected chi connectivity index (χ3v) is 5.84. The van der Waals surface area contributed by atoms with Gasteiger partial charge in [0.25, 0.3) is 0 Å². The average molecular weight is 400 g/mol. The number of benzene rings is 2. The van der Waals surface area contributed by atoms with Gasteiger partial charge >= 0.3 is 0 Å². The van der Waals surface area contributed by atoms with Gasteiger partial charge < -0.3 is 14.3 Å². The van der Waals surface area contributed by atoms with E-state index in [2.05, 4.69) is 34.3 Å². The number of para-hydroxylation sites is 1.